The van der Waals surface area contributed by atoms with Crippen molar-refractivity contribution in [1.82, 2.24) is 15.2 Å². The van der Waals surface area contributed by atoms with Crippen molar-refractivity contribution < 1.29 is 0 Å². The van der Waals surface area contributed by atoms with Gasteiger partial charge in [-0.1, -0.05) is 6.07 Å². The van der Waals surface area contributed by atoms with E-state index in [1.54, 1.807) is 0 Å². The Morgan fingerprint density at radius 3 is 2.79 bits per heavy atom. The quantitative estimate of drug-likeness (QED) is 0.860. The molecule has 1 aliphatic rings. The second kappa shape index (κ2) is 4.90. The Labute approximate surface area is 122 Å². The molecule has 0 aliphatic carbocycles. The van der Waals surface area contributed by atoms with Gasteiger partial charge in [0.25, 0.3) is 0 Å². The Morgan fingerprint density at radius 2 is 2.16 bits per heavy atom. The Morgan fingerprint density at radius 1 is 1.32 bits per heavy atom. The third kappa shape index (κ3) is 2.24. The topological polar surface area (TPSA) is 28.2 Å². The SMILES string of the molecule is Cc1ccc([C@H]2[C@H](c3ccccn3)NC(=S)N2C)s1. The molecule has 2 atom stereocenters. The van der Waals surface area contributed by atoms with E-state index in [9.17, 15) is 0 Å². The van der Waals surface area contributed by atoms with E-state index in [0.29, 0.717) is 0 Å². The lowest BCUT2D eigenvalue weighted by Gasteiger charge is -2.22. The summed E-state index contributed by atoms with van der Waals surface area (Å²) >= 11 is 7.21. The van der Waals surface area contributed by atoms with Crippen molar-refractivity contribution in [3.05, 3.63) is 52.0 Å². The van der Waals surface area contributed by atoms with Gasteiger partial charge in [0.05, 0.1) is 17.8 Å². The molecule has 1 N–H and O–H groups in total. The maximum atomic E-state index is 5.39. The summed E-state index contributed by atoms with van der Waals surface area (Å²) < 4.78 is 0. The molecule has 2 aromatic heterocycles. The lowest BCUT2D eigenvalue weighted by molar-refractivity contribution is 0.374. The zero-order valence-corrected chi connectivity index (χ0v) is 12.5. The average Bonchev–Trinajstić information content (AvgIpc) is 2.96. The number of aromatic nitrogens is 1. The van der Waals surface area contributed by atoms with Crippen LogP contribution in [0.4, 0.5) is 0 Å². The molecule has 1 saturated heterocycles. The van der Waals surface area contributed by atoms with Crippen LogP contribution in [0.15, 0.2) is 36.5 Å². The van der Waals surface area contributed by atoms with Crippen molar-refractivity contribution in [3.63, 3.8) is 0 Å². The van der Waals surface area contributed by atoms with Gasteiger partial charge in [-0.05, 0) is 43.4 Å². The summed E-state index contributed by atoms with van der Waals surface area (Å²) in [5, 5.41) is 4.16. The van der Waals surface area contributed by atoms with Crippen molar-refractivity contribution in [1.29, 1.82) is 0 Å². The van der Waals surface area contributed by atoms with Crippen LogP contribution in [0.3, 0.4) is 0 Å². The molecule has 19 heavy (non-hydrogen) atoms. The number of nitrogens with one attached hydrogen (secondary N) is 1. The number of thiocarbonyl (C=S) groups is 1. The molecule has 0 aromatic carbocycles. The van der Waals surface area contributed by atoms with Crippen LogP contribution in [0.5, 0.6) is 0 Å². The van der Waals surface area contributed by atoms with E-state index in [1.165, 1.54) is 9.75 Å². The van der Waals surface area contributed by atoms with E-state index >= 15 is 0 Å². The van der Waals surface area contributed by atoms with Crippen LogP contribution < -0.4 is 5.32 Å². The molecular formula is C14H15N3S2. The zero-order chi connectivity index (χ0) is 13.4. The first-order chi connectivity index (χ1) is 9.16. The molecule has 3 nitrogen and oxygen atoms in total. The zero-order valence-electron chi connectivity index (χ0n) is 10.8. The predicted molar refractivity (Wildman–Crippen MR) is 82.3 cm³/mol. The van der Waals surface area contributed by atoms with E-state index in [4.69, 9.17) is 12.2 Å². The number of rotatable bonds is 2. The second-order valence-corrected chi connectivity index (χ2v) is 6.39. The van der Waals surface area contributed by atoms with Crippen LogP contribution >= 0.6 is 23.6 Å². The third-order valence-corrected chi connectivity index (χ3v) is 4.87. The monoisotopic (exact) mass is 289 g/mol. The van der Waals surface area contributed by atoms with Crippen molar-refractivity contribution in [2.45, 2.75) is 19.0 Å². The fourth-order valence-electron chi connectivity index (χ4n) is 2.43. The van der Waals surface area contributed by atoms with E-state index < -0.39 is 0 Å². The van der Waals surface area contributed by atoms with E-state index in [2.05, 4.69) is 34.3 Å². The van der Waals surface area contributed by atoms with Gasteiger partial charge in [0.15, 0.2) is 5.11 Å². The molecule has 0 radical (unpaired) electrons. The van der Waals surface area contributed by atoms with E-state index in [0.717, 1.165) is 10.8 Å². The highest BCUT2D eigenvalue weighted by molar-refractivity contribution is 7.80. The van der Waals surface area contributed by atoms with Crippen LogP contribution in [0.1, 0.15) is 27.5 Å². The van der Waals surface area contributed by atoms with Crippen molar-refractivity contribution >= 4 is 28.7 Å². The summed E-state index contributed by atoms with van der Waals surface area (Å²) in [5.41, 5.74) is 1.03. The van der Waals surface area contributed by atoms with Crippen LogP contribution in [-0.2, 0) is 0 Å². The van der Waals surface area contributed by atoms with Crippen molar-refractivity contribution in [2.24, 2.45) is 0 Å². The summed E-state index contributed by atoms with van der Waals surface area (Å²) in [6.07, 6.45) is 1.83. The normalized spacial score (nSPS) is 22.6. The summed E-state index contributed by atoms with van der Waals surface area (Å²) in [6.45, 7) is 2.13. The first-order valence-electron chi connectivity index (χ1n) is 6.17. The molecule has 5 heteroatoms. The molecular weight excluding hydrogens is 274 g/mol. The van der Waals surface area contributed by atoms with Gasteiger partial charge in [-0.25, -0.2) is 0 Å². The number of thiophene rings is 1. The van der Waals surface area contributed by atoms with Gasteiger partial charge in [-0.15, -0.1) is 11.3 Å². The molecule has 98 valence electrons. The molecule has 3 heterocycles. The molecule has 1 aliphatic heterocycles. The molecule has 0 unspecified atom stereocenters. The second-order valence-electron chi connectivity index (χ2n) is 4.69. The van der Waals surface area contributed by atoms with Gasteiger partial charge in [-0.2, -0.15) is 0 Å². The fourth-order valence-corrected chi connectivity index (χ4v) is 3.73. The molecule has 2 aromatic rings. The van der Waals surface area contributed by atoms with Crippen LogP contribution in [0.2, 0.25) is 0 Å². The van der Waals surface area contributed by atoms with Crippen molar-refractivity contribution in [2.75, 3.05) is 7.05 Å². The summed E-state index contributed by atoms with van der Waals surface area (Å²) in [4.78, 5) is 9.24. The largest absolute Gasteiger partial charge is 0.352 e. The number of hydrogen-bond donors (Lipinski definition) is 1. The van der Waals surface area contributed by atoms with Gasteiger partial charge in [0.1, 0.15) is 0 Å². The Kier molecular flexibility index (Phi) is 3.24. The van der Waals surface area contributed by atoms with E-state index in [1.807, 2.05) is 42.8 Å². The molecule has 0 amide bonds. The first kappa shape index (κ1) is 12.6. The van der Waals surface area contributed by atoms with E-state index in [-0.39, 0.29) is 12.1 Å². The summed E-state index contributed by atoms with van der Waals surface area (Å²) in [7, 11) is 2.04. The maximum absolute atomic E-state index is 5.39. The number of likely N-dealkylation sites (N-methyl/N-ethyl adjacent to an activating group) is 1. The predicted octanol–water partition coefficient (Wildman–Crippen LogP) is 3.05. The Bertz CT molecular complexity index is 594. The lowest BCUT2D eigenvalue weighted by atomic mass is 10.0. The minimum Gasteiger partial charge on any atom is -0.352 e. The standard InChI is InChI=1S/C14H15N3S2/c1-9-6-7-11(19-9)13-12(16-14(18)17(13)2)10-5-3-4-8-15-10/h3-8,12-13H,1-2H3,(H,16,18)/t12-,13-/m0/s1. The first-order valence-corrected chi connectivity index (χ1v) is 7.40. The van der Waals surface area contributed by atoms with Gasteiger partial charge >= 0.3 is 0 Å². The van der Waals surface area contributed by atoms with Gasteiger partial charge in [0, 0.05) is 23.0 Å². The minimum absolute atomic E-state index is 0.122. The third-order valence-electron chi connectivity index (χ3n) is 3.39. The molecule has 0 bridgehead atoms. The van der Waals surface area contributed by atoms with Crippen molar-refractivity contribution in [3.8, 4) is 0 Å². The Balaban J connectivity index is 2.01. The van der Waals surface area contributed by atoms with Gasteiger partial charge in [0.2, 0.25) is 0 Å². The number of nitrogens with zero attached hydrogens (tertiary/aromatic N) is 2. The number of aryl methyl sites for hydroxylation is 1. The highest BCUT2D eigenvalue weighted by Gasteiger charge is 2.38. The summed E-state index contributed by atoms with van der Waals surface area (Å²) in [6, 6.07) is 10.7. The molecule has 0 spiro atoms. The number of pyridine rings is 1. The van der Waals surface area contributed by atoms with Crippen LogP contribution in [0, 0.1) is 6.92 Å². The molecule has 0 saturated carbocycles. The average molecular weight is 289 g/mol. The van der Waals surface area contributed by atoms with Crippen LogP contribution in [0.25, 0.3) is 0 Å². The van der Waals surface area contributed by atoms with Gasteiger partial charge < -0.3 is 10.2 Å². The van der Waals surface area contributed by atoms with Gasteiger partial charge in [-0.3, -0.25) is 4.98 Å². The fraction of sp³-hybridized carbons (Fsp3) is 0.286. The highest BCUT2D eigenvalue weighted by atomic mass is 32.1. The minimum atomic E-state index is 0.122. The Hall–Kier alpha value is -1.46. The van der Waals surface area contributed by atoms with Crippen LogP contribution in [-0.4, -0.2) is 22.0 Å². The molecule has 3 rings (SSSR count). The molecule has 1 fully saturated rings. The maximum Gasteiger partial charge on any atom is 0.169 e. The summed E-state index contributed by atoms with van der Waals surface area (Å²) in [5.74, 6) is 0. The highest BCUT2D eigenvalue weighted by Crippen LogP contribution is 2.39. The lowest BCUT2D eigenvalue weighted by Crippen LogP contribution is -2.24. The number of hydrogen-bond acceptors (Lipinski definition) is 3. The smallest absolute Gasteiger partial charge is 0.169 e.